The van der Waals surface area contributed by atoms with Gasteiger partial charge in [-0.15, -0.1) is 0 Å². The van der Waals surface area contributed by atoms with Crippen molar-refractivity contribution < 1.29 is 4.74 Å². The SMILES string of the molecule is CCCNc1cccc(N2CCOC3CCCCC32)n1. The molecule has 0 amide bonds. The molecular weight excluding hydrogens is 250 g/mol. The van der Waals surface area contributed by atoms with Crippen LogP contribution in [0.25, 0.3) is 0 Å². The molecule has 1 saturated heterocycles. The summed E-state index contributed by atoms with van der Waals surface area (Å²) in [6.07, 6.45) is 6.59. The van der Waals surface area contributed by atoms with E-state index in [0.29, 0.717) is 12.1 Å². The molecule has 0 bridgehead atoms. The molecule has 1 aliphatic carbocycles. The fourth-order valence-electron chi connectivity index (χ4n) is 3.32. The van der Waals surface area contributed by atoms with E-state index >= 15 is 0 Å². The van der Waals surface area contributed by atoms with Crippen molar-refractivity contribution in [3.63, 3.8) is 0 Å². The molecule has 0 spiro atoms. The van der Waals surface area contributed by atoms with Crippen LogP contribution in [0.5, 0.6) is 0 Å². The van der Waals surface area contributed by atoms with Crippen molar-refractivity contribution in [3.8, 4) is 0 Å². The number of hydrogen-bond donors (Lipinski definition) is 1. The van der Waals surface area contributed by atoms with Gasteiger partial charge in [-0.05, 0) is 31.4 Å². The summed E-state index contributed by atoms with van der Waals surface area (Å²) in [7, 11) is 0. The van der Waals surface area contributed by atoms with Gasteiger partial charge in [-0.3, -0.25) is 0 Å². The highest BCUT2D eigenvalue weighted by molar-refractivity contribution is 5.48. The first kappa shape index (κ1) is 13.7. The van der Waals surface area contributed by atoms with Gasteiger partial charge in [-0.1, -0.05) is 25.8 Å². The summed E-state index contributed by atoms with van der Waals surface area (Å²) >= 11 is 0. The third-order valence-corrected chi connectivity index (χ3v) is 4.32. The lowest BCUT2D eigenvalue weighted by atomic mass is 9.90. The quantitative estimate of drug-likeness (QED) is 0.916. The number of aromatic nitrogens is 1. The van der Waals surface area contributed by atoms with Gasteiger partial charge in [-0.2, -0.15) is 0 Å². The third kappa shape index (κ3) is 2.90. The highest BCUT2D eigenvalue weighted by Gasteiger charge is 2.34. The van der Waals surface area contributed by atoms with Crippen LogP contribution in [0, 0.1) is 0 Å². The van der Waals surface area contributed by atoms with Crippen LogP contribution in [-0.4, -0.2) is 36.8 Å². The Morgan fingerprint density at radius 1 is 1.35 bits per heavy atom. The van der Waals surface area contributed by atoms with Crippen LogP contribution in [-0.2, 0) is 4.74 Å². The van der Waals surface area contributed by atoms with Gasteiger partial charge >= 0.3 is 0 Å². The summed E-state index contributed by atoms with van der Waals surface area (Å²) in [5.74, 6) is 2.09. The zero-order chi connectivity index (χ0) is 13.8. The molecular formula is C16H25N3O. The molecule has 1 aliphatic heterocycles. The molecule has 0 aromatic carbocycles. The average Bonchev–Trinajstić information content (AvgIpc) is 2.52. The summed E-state index contributed by atoms with van der Waals surface area (Å²) in [5, 5.41) is 3.38. The summed E-state index contributed by atoms with van der Waals surface area (Å²) in [4.78, 5) is 7.25. The summed E-state index contributed by atoms with van der Waals surface area (Å²) in [5.41, 5.74) is 0. The van der Waals surface area contributed by atoms with E-state index in [1.54, 1.807) is 0 Å². The van der Waals surface area contributed by atoms with Gasteiger partial charge in [-0.25, -0.2) is 4.98 Å². The molecule has 2 aliphatic rings. The lowest BCUT2D eigenvalue weighted by Crippen LogP contribution is -2.53. The molecule has 2 fully saturated rings. The predicted octanol–water partition coefficient (Wildman–Crippen LogP) is 3.05. The number of rotatable bonds is 4. The van der Waals surface area contributed by atoms with E-state index in [1.807, 2.05) is 0 Å². The lowest BCUT2D eigenvalue weighted by molar-refractivity contribution is -0.00897. The van der Waals surface area contributed by atoms with E-state index in [0.717, 1.165) is 37.8 Å². The first-order valence-electron chi connectivity index (χ1n) is 7.97. The standard InChI is InChI=1S/C16H25N3O/c1-2-10-17-15-8-5-9-16(18-15)19-11-12-20-14-7-4-3-6-13(14)19/h5,8-9,13-14H,2-4,6-7,10-12H2,1H3,(H,17,18). The Bertz CT molecular complexity index is 435. The lowest BCUT2D eigenvalue weighted by Gasteiger charge is -2.44. The molecule has 1 aromatic heterocycles. The van der Waals surface area contributed by atoms with E-state index in [9.17, 15) is 0 Å². The van der Waals surface area contributed by atoms with Crippen LogP contribution in [0.2, 0.25) is 0 Å². The molecule has 1 N–H and O–H groups in total. The molecule has 2 unspecified atom stereocenters. The van der Waals surface area contributed by atoms with E-state index in [1.165, 1.54) is 25.7 Å². The van der Waals surface area contributed by atoms with Crippen molar-refractivity contribution in [1.29, 1.82) is 0 Å². The Kier molecular flexibility index (Phi) is 4.41. The molecule has 110 valence electrons. The number of nitrogens with one attached hydrogen (secondary N) is 1. The van der Waals surface area contributed by atoms with Crippen molar-refractivity contribution in [2.45, 2.75) is 51.2 Å². The Labute approximate surface area is 121 Å². The second-order valence-corrected chi connectivity index (χ2v) is 5.76. The number of fused-ring (bicyclic) bond motifs is 1. The number of ether oxygens (including phenoxy) is 1. The molecule has 0 radical (unpaired) electrons. The van der Waals surface area contributed by atoms with Gasteiger partial charge in [0, 0.05) is 13.1 Å². The van der Waals surface area contributed by atoms with Crippen LogP contribution < -0.4 is 10.2 Å². The van der Waals surface area contributed by atoms with Gasteiger partial charge < -0.3 is 15.0 Å². The molecule has 4 heteroatoms. The number of morpholine rings is 1. The van der Waals surface area contributed by atoms with E-state index in [4.69, 9.17) is 9.72 Å². The Morgan fingerprint density at radius 2 is 2.25 bits per heavy atom. The topological polar surface area (TPSA) is 37.4 Å². The van der Waals surface area contributed by atoms with Crippen LogP contribution >= 0.6 is 0 Å². The van der Waals surface area contributed by atoms with Crippen molar-refractivity contribution in [2.24, 2.45) is 0 Å². The summed E-state index contributed by atoms with van der Waals surface area (Å²) in [6, 6.07) is 6.81. The minimum Gasteiger partial charge on any atom is -0.374 e. The van der Waals surface area contributed by atoms with Gasteiger partial charge in [0.05, 0.1) is 18.8 Å². The molecule has 4 nitrogen and oxygen atoms in total. The maximum atomic E-state index is 5.94. The zero-order valence-electron chi connectivity index (χ0n) is 12.3. The molecule has 1 aromatic rings. The second kappa shape index (κ2) is 6.44. The Morgan fingerprint density at radius 3 is 3.15 bits per heavy atom. The van der Waals surface area contributed by atoms with Gasteiger partial charge in [0.1, 0.15) is 11.6 Å². The van der Waals surface area contributed by atoms with Gasteiger partial charge in [0.25, 0.3) is 0 Å². The maximum absolute atomic E-state index is 5.94. The fourth-order valence-corrected chi connectivity index (χ4v) is 3.32. The van der Waals surface area contributed by atoms with E-state index < -0.39 is 0 Å². The number of nitrogens with zero attached hydrogens (tertiary/aromatic N) is 2. The minimum atomic E-state index is 0.409. The van der Waals surface area contributed by atoms with Crippen molar-refractivity contribution in [2.75, 3.05) is 29.9 Å². The average molecular weight is 275 g/mol. The maximum Gasteiger partial charge on any atom is 0.131 e. The zero-order valence-corrected chi connectivity index (χ0v) is 12.3. The van der Waals surface area contributed by atoms with E-state index in [2.05, 4.69) is 35.3 Å². The smallest absolute Gasteiger partial charge is 0.131 e. The van der Waals surface area contributed by atoms with Crippen molar-refractivity contribution in [1.82, 2.24) is 4.98 Å². The third-order valence-electron chi connectivity index (χ3n) is 4.32. The number of pyridine rings is 1. The monoisotopic (exact) mass is 275 g/mol. The first-order valence-corrected chi connectivity index (χ1v) is 7.97. The normalized spacial score (nSPS) is 26.1. The highest BCUT2D eigenvalue weighted by atomic mass is 16.5. The largest absolute Gasteiger partial charge is 0.374 e. The van der Waals surface area contributed by atoms with Crippen molar-refractivity contribution in [3.05, 3.63) is 18.2 Å². The van der Waals surface area contributed by atoms with E-state index in [-0.39, 0.29) is 0 Å². The van der Waals surface area contributed by atoms with Crippen LogP contribution in [0.4, 0.5) is 11.6 Å². The predicted molar refractivity (Wildman–Crippen MR) is 82.4 cm³/mol. The molecule has 1 saturated carbocycles. The Balaban J connectivity index is 1.76. The van der Waals surface area contributed by atoms with Crippen molar-refractivity contribution >= 4 is 11.6 Å². The van der Waals surface area contributed by atoms with Crippen LogP contribution in [0.1, 0.15) is 39.0 Å². The second-order valence-electron chi connectivity index (χ2n) is 5.76. The van der Waals surface area contributed by atoms with Gasteiger partial charge in [0.15, 0.2) is 0 Å². The van der Waals surface area contributed by atoms with Crippen LogP contribution in [0.3, 0.4) is 0 Å². The Hall–Kier alpha value is -1.29. The summed E-state index contributed by atoms with van der Waals surface area (Å²) < 4.78 is 5.94. The number of hydrogen-bond acceptors (Lipinski definition) is 4. The fraction of sp³-hybridized carbons (Fsp3) is 0.688. The highest BCUT2D eigenvalue weighted by Crippen LogP contribution is 2.31. The summed E-state index contributed by atoms with van der Waals surface area (Å²) in [6.45, 7) is 4.94. The molecule has 2 heterocycles. The molecule has 3 rings (SSSR count). The number of anilines is 2. The molecule has 2 atom stereocenters. The molecule has 20 heavy (non-hydrogen) atoms. The first-order chi connectivity index (χ1) is 9.88. The minimum absolute atomic E-state index is 0.409. The van der Waals surface area contributed by atoms with Crippen LogP contribution in [0.15, 0.2) is 18.2 Å². The van der Waals surface area contributed by atoms with Gasteiger partial charge in [0.2, 0.25) is 0 Å².